The second-order valence-corrected chi connectivity index (χ2v) is 5.07. The normalized spacial score (nSPS) is 10.7. The molecule has 1 nitrogen and oxygen atoms in total. The molecule has 0 aliphatic carbocycles. The summed E-state index contributed by atoms with van der Waals surface area (Å²) in [5.74, 6) is 0. The van der Waals surface area contributed by atoms with Gasteiger partial charge in [-0.15, -0.1) is 0 Å². The lowest BCUT2D eigenvalue weighted by Gasteiger charge is -1.99. The first kappa shape index (κ1) is 25.6. The average molecular weight is 307 g/mol. The first-order valence-electron chi connectivity index (χ1n) is 8.33. The Kier molecular flexibility index (Phi) is 20.6. The molecule has 0 heterocycles. The van der Waals surface area contributed by atoms with Crippen molar-refractivity contribution in [3.05, 3.63) is 53.6 Å². The summed E-state index contributed by atoms with van der Waals surface area (Å²) in [6.45, 7) is 21.5. The van der Waals surface area contributed by atoms with E-state index in [-0.39, 0.29) is 6.10 Å². The van der Waals surface area contributed by atoms with Crippen LogP contribution in [0.2, 0.25) is 0 Å². The van der Waals surface area contributed by atoms with Crippen LogP contribution in [0.1, 0.15) is 72.9 Å². The number of hydrogen-bond donors (Lipinski definition) is 1. The highest BCUT2D eigenvalue weighted by Crippen LogP contribution is 2.13. The standard InChI is InChI=1S/C11H14.C5H10O.C3H8.C2H6/c1-4-10(3)11-7-5-9(2)6-8-11;1-4(2)5(3)6;1-3-2;1-2/h4-8H,1-3H3;5-6H,1H2,2-3H3;3H2,1-2H3;1-2H3/b10-4+;;;. The van der Waals surface area contributed by atoms with Crippen molar-refractivity contribution in [1.82, 2.24) is 0 Å². The molecule has 0 amide bonds. The van der Waals surface area contributed by atoms with Gasteiger partial charge in [-0.05, 0) is 45.8 Å². The van der Waals surface area contributed by atoms with Crippen molar-refractivity contribution in [2.24, 2.45) is 0 Å². The quantitative estimate of drug-likeness (QED) is 0.595. The van der Waals surface area contributed by atoms with E-state index in [0.717, 1.165) is 5.57 Å². The van der Waals surface area contributed by atoms with Crippen molar-refractivity contribution in [1.29, 1.82) is 0 Å². The van der Waals surface area contributed by atoms with Gasteiger partial charge in [0.1, 0.15) is 0 Å². The summed E-state index contributed by atoms with van der Waals surface area (Å²) in [5, 5.41) is 8.53. The number of aliphatic hydroxyl groups is 1. The lowest BCUT2D eigenvalue weighted by molar-refractivity contribution is 0.232. The lowest BCUT2D eigenvalue weighted by Crippen LogP contribution is -1.97. The van der Waals surface area contributed by atoms with Crippen molar-refractivity contribution in [3.63, 3.8) is 0 Å². The molecule has 1 aromatic carbocycles. The van der Waals surface area contributed by atoms with E-state index < -0.39 is 0 Å². The van der Waals surface area contributed by atoms with Gasteiger partial charge in [-0.3, -0.25) is 0 Å². The third-order valence-electron chi connectivity index (χ3n) is 2.65. The molecule has 0 aliphatic heterocycles. The predicted molar refractivity (Wildman–Crippen MR) is 104 cm³/mol. The van der Waals surface area contributed by atoms with Crippen molar-refractivity contribution < 1.29 is 5.11 Å². The molecule has 0 fully saturated rings. The Hall–Kier alpha value is -1.34. The van der Waals surface area contributed by atoms with Crippen molar-refractivity contribution in [2.45, 2.75) is 74.8 Å². The van der Waals surface area contributed by atoms with Crippen LogP contribution in [0.25, 0.3) is 5.57 Å². The molecule has 0 saturated carbocycles. The van der Waals surface area contributed by atoms with Crippen LogP contribution in [0, 0.1) is 6.92 Å². The summed E-state index contributed by atoms with van der Waals surface area (Å²) in [4.78, 5) is 0. The zero-order valence-electron chi connectivity index (χ0n) is 16.3. The van der Waals surface area contributed by atoms with E-state index in [2.05, 4.69) is 71.5 Å². The van der Waals surface area contributed by atoms with Gasteiger partial charge in [0.2, 0.25) is 0 Å². The molecule has 1 rings (SSSR count). The molecular formula is C21H38O. The summed E-state index contributed by atoms with van der Waals surface area (Å²) in [7, 11) is 0. The first-order chi connectivity index (χ1) is 10.3. The summed E-state index contributed by atoms with van der Waals surface area (Å²) in [5.41, 5.74) is 4.79. The molecule has 22 heavy (non-hydrogen) atoms. The Morgan fingerprint density at radius 3 is 1.68 bits per heavy atom. The molecular weight excluding hydrogens is 268 g/mol. The van der Waals surface area contributed by atoms with Gasteiger partial charge >= 0.3 is 0 Å². The molecule has 0 aliphatic rings. The van der Waals surface area contributed by atoms with E-state index in [0.29, 0.717) is 0 Å². The van der Waals surface area contributed by atoms with E-state index in [1.807, 2.05) is 13.8 Å². The minimum Gasteiger partial charge on any atom is -0.389 e. The van der Waals surface area contributed by atoms with Gasteiger partial charge in [0.25, 0.3) is 0 Å². The highest BCUT2D eigenvalue weighted by Gasteiger charge is 1.91. The number of aliphatic hydroxyl groups excluding tert-OH is 1. The fourth-order valence-electron chi connectivity index (χ4n) is 0.983. The second kappa shape index (κ2) is 17.7. The zero-order valence-corrected chi connectivity index (χ0v) is 16.3. The lowest BCUT2D eigenvalue weighted by atomic mass is 10.1. The molecule has 0 saturated heterocycles. The molecule has 0 aromatic heterocycles. The van der Waals surface area contributed by atoms with E-state index in [9.17, 15) is 0 Å². The van der Waals surface area contributed by atoms with Gasteiger partial charge in [-0.1, -0.05) is 82.2 Å². The summed E-state index contributed by atoms with van der Waals surface area (Å²) >= 11 is 0. The maximum atomic E-state index is 8.53. The van der Waals surface area contributed by atoms with Gasteiger partial charge in [0.15, 0.2) is 0 Å². The molecule has 0 radical (unpaired) electrons. The predicted octanol–water partition coefficient (Wildman–Crippen LogP) is 6.80. The SMILES string of the molecule is C/C=C(\C)c1ccc(C)cc1.C=C(C)C(C)O.CC.CCC. The fraction of sp³-hybridized carbons (Fsp3) is 0.524. The molecule has 1 unspecified atom stereocenters. The van der Waals surface area contributed by atoms with Crippen LogP contribution in [0.5, 0.6) is 0 Å². The van der Waals surface area contributed by atoms with Crippen LogP contribution >= 0.6 is 0 Å². The van der Waals surface area contributed by atoms with Crippen LogP contribution < -0.4 is 0 Å². The second-order valence-electron chi connectivity index (χ2n) is 5.07. The van der Waals surface area contributed by atoms with Gasteiger partial charge in [-0.25, -0.2) is 0 Å². The van der Waals surface area contributed by atoms with E-state index in [4.69, 9.17) is 5.11 Å². The van der Waals surface area contributed by atoms with Gasteiger partial charge in [0.05, 0.1) is 6.10 Å². The van der Waals surface area contributed by atoms with Gasteiger partial charge < -0.3 is 5.11 Å². The highest BCUT2D eigenvalue weighted by molar-refractivity contribution is 5.63. The summed E-state index contributed by atoms with van der Waals surface area (Å²) < 4.78 is 0. The molecule has 1 N–H and O–H groups in total. The number of allylic oxidation sites excluding steroid dienone is 2. The molecule has 1 atom stereocenters. The number of aryl methyl sites for hydroxylation is 1. The molecule has 128 valence electrons. The Morgan fingerprint density at radius 1 is 1.14 bits per heavy atom. The smallest absolute Gasteiger partial charge is 0.0716 e. The first-order valence-corrected chi connectivity index (χ1v) is 8.33. The molecule has 0 bridgehead atoms. The van der Waals surface area contributed by atoms with Gasteiger partial charge in [-0.2, -0.15) is 0 Å². The highest BCUT2D eigenvalue weighted by atomic mass is 16.3. The average Bonchev–Trinajstić information content (AvgIpc) is 2.50. The Bertz CT molecular complexity index is 383. The third-order valence-corrected chi connectivity index (χ3v) is 2.65. The largest absolute Gasteiger partial charge is 0.389 e. The number of hydrogen-bond acceptors (Lipinski definition) is 1. The molecule has 0 spiro atoms. The van der Waals surface area contributed by atoms with Crippen LogP contribution in [0.3, 0.4) is 0 Å². The third kappa shape index (κ3) is 16.7. The van der Waals surface area contributed by atoms with E-state index in [1.165, 1.54) is 23.1 Å². The fourth-order valence-corrected chi connectivity index (χ4v) is 0.983. The Labute approximate surface area is 139 Å². The maximum absolute atomic E-state index is 8.53. The number of rotatable bonds is 2. The van der Waals surface area contributed by atoms with Gasteiger partial charge in [0, 0.05) is 0 Å². The van der Waals surface area contributed by atoms with Crippen LogP contribution in [-0.4, -0.2) is 11.2 Å². The van der Waals surface area contributed by atoms with Crippen LogP contribution in [0.4, 0.5) is 0 Å². The minimum atomic E-state index is -0.343. The summed E-state index contributed by atoms with van der Waals surface area (Å²) in [6, 6.07) is 8.60. The van der Waals surface area contributed by atoms with Crippen LogP contribution in [0.15, 0.2) is 42.5 Å². The van der Waals surface area contributed by atoms with E-state index in [1.54, 1.807) is 13.8 Å². The van der Waals surface area contributed by atoms with Crippen molar-refractivity contribution >= 4 is 5.57 Å². The number of benzene rings is 1. The monoisotopic (exact) mass is 306 g/mol. The Balaban J connectivity index is -0.000000279. The minimum absolute atomic E-state index is 0.343. The summed E-state index contributed by atoms with van der Waals surface area (Å²) in [6.07, 6.45) is 3.04. The molecule has 1 heteroatoms. The van der Waals surface area contributed by atoms with E-state index >= 15 is 0 Å². The zero-order chi connectivity index (χ0) is 18.1. The Morgan fingerprint density at radius 2 is 1.45 bits per heavy atom. The topological polar surface area (TPSA) is 20.2 Å². The van der Waals surface area contributed by atoms with Crippen molar-refractivity contribution in [3.8, 4) is 0 Å². The van der Waals surface area contributed by atoms with Crippen molar-refractivity contribution in [2.75, 3.05) is 0 Å². The van der Waals surface area contributed by atoms with Crippen LogP contribution in [-0.2, 0) is 0 Å². The maximum Gasteiger partial charge on any atom is 0.0716 e. The molecule has 1 aromatic rings.